The molecule has 2 aromatic rings. The molecule has 0 radical (unpaired) electrons. The largest absolute Gasteiger partial charge is 0.299 e. The third-order valence-electron chi connectivity index (χ3n) is 3.56. The molecule has 1 atom stereocenters. The van der Waals surface area contributed by atoms with Crippen LogP contribution in [0.1, 0.15) is 43.8 Å². The zero-order valence-corrected chi connectivity index (χ0v) is 12.1. The molecule has 1 aromatic heterocycles. The van der Waals surface area contributed by atoms with Gasteiger partial charge < -0.3 is 0 Å². The topological polar surface area (TPSA) is 55.6 Å². The van der Waals surface area contributed by atoms with Gasteiger partial charge in [0.25, 0.3) is 0 Å². The maximum Gasteiger partial charge on any atom is 0.173 e. The maximum absolute atomic E-state index is 4.24. The Balaban J connectivity index is 2.11. The summed E-state index contributed by atoms with van der Waals surface area (Å²) in [5, 5.41) is 15.7. The van der Waals surface area contributed by atoms with Gasteiger partial charge in [-0.05, 0) is 47.9 Å². The Labute approximate surface area is 118 Å². The van der Waals surface area contributed by atoms with Crippen LogP contribution in [0.2, 0.25) is 0 Å². The standard InChI is InChI=1S/C15H19N5/c1-10-9-16-13(12-8-6-5-7-11(10)12)14-17-18-19-20(14)15(2,3)4/h5-8,13,16H,1,9H2,2-4H3. The van der Waals surface area contributed by atoms with Crippen molar-refractivity contribution in [2.45, 2.75) is 32.4 Å². The average Bonchev–Trinajstić information content (AvgIpc) is 2.89. The predicted octanol–water partition coefficient (Wildman–Crippen LogP) is 2.13. The van der Waals surface area contributed by atoms with Crippen molar-refractivity contribution in [2.24, 2.45) is 0 Å². The number of hydrogen-bond acceptors (Lipinski definition) is 4. The van der Waals surface area contributed by atoms with Crippen molar-refractivity contribution in [3.8, 4) is 0 Å². The van der Waals surface area contributed by atoms with E-state index >= 15 is 0 Å². The van der Waals surface area contributed by atoms with Gasteiger partial charge in [0.05, 0.1) is 11.6 Å². The average molecular weight is 269 g/mol. The molecule has 0 aliphatic carbocycles. The van der Waals surface area contributed by atoms with E-state index in [1.165, 1.54) is 11.1 Å². The van der Waals surface area contributed by atoms with Crippen molar-refractivity contribution in [1.82, 2.24) is 25.5 Å². The Morgan fingerprint density at radius 3 is 2.80 bits per heavy atom. The normalized spacial score (nSPS) is 18.9. The first-order chi connectivity index (χ1) is 9.48. The maximum atomic E-state index is 4.24. The van der Waals surface area contributed by atoms with Crippen molar-refractivity contribution in [3.63, 3.8) is 0 Å². The highest BCUT2D eigenvalue weighted by Crippen LogP contribution is 2.32. The van der Waals surface area contributed by atoms with Gasteiger partial charge in [-0.1, -0.05) is 30.8 Å². The van der Waals surface area contributed by atoms with Crippen molar-refractivity contribution >= 4 is 5.57 Å². The molecule has 1 aliphatic heterocycles. The fraction of sp³-hybridized carbons (Fsp3) is 0.400. The molecule has 20 heavy (non-hydrogen) atoms. The lowest BCUT2D eigenvalue weighted by atomic mass is 9.91. The van der Waals surface area contributed by atoms with Gasteiger partial charge in [0.15, 0.2) is 5.82 Å². The third-order valence-corrected chi connectivity index (χ3v) is 3.56. The van der Waals surface area contributed by atoms with Crippen LogP contribution in [0.5, 0.6) is 0 Å². The van der Waals surface area contributed by atoms with E-state index in [0.29, 0.717) is 0 Å². The lowest BCUT2D eigenvalue weighted by molar-refractivity contribution is 0.326. The van der Waals surface area contributed by atoms with Crippen molar-refractivity contribution in [3.05, 3.63) is 47.8 Å². The smallest absolute Gasteiger partial charge is 0.173 e. The van der Waals surface area contributed by atoms with Gasteiger partial charge in [0.1, 0.15) is 0 Å². The molecule has 0 saturated carbocycles. The summed E-state index contributed by atoms with van der Waals surface area (Å²) in [6.45, 7) is 11.2. The second kappa shape index (κ2) is 4.52. The number of hydrogen-bond donors (Lipinski definition) is 1. The summed E-state index contributed by atoms with van der Waals surface area (Å²) in [5.41, 5.74) is 3.33. The van der Waals surface area contributed by atoms with E-state index in [1.54, 1.807) is 0 Å². The van der Waals surface area contributed by atoms with E-state index in [1.807, 2.05) is 16.8 Å². The van der Waals surface area contributed by atoms with Gasteiger partial charge in [-0.15, -0.1) is 5.10 Å². The number of rotatable bonds is 1. The van der Waals surface area contributed by atoms with Crippen LogP contribution >= 0.6 is 0 Å². The summed E-state index contributed by atoms with van der Waals surface area (Å²) in [6, 6.07) is 8.30. The van der Waals surface area contributed by atoms with Crippen LogP contribution in [0, 0.1) is 0 Å². The van der Waals surface area contributed by atoms with Gasteiger partial charge in [-0.25, -0.2) is 4.68 Å². The molecule has 0 fully saturated rings. The molecule has 1 aromatic carbocycles. The van der Waals surface area contributed by atoms with E-state index in [-0.39, 0.29) is 11.6 Å². The molecular weight excluding hydrogens is 250 g/mol. The molecule has 0 saturated heterocycles. The minimum absolute atomic E-state index is 0.00549. The molecular formula is C15H19N5. The summed E-state index contributed by atoms with van der Waals surface area (Å²) in [6.07, 6.45) is 0. The molecule has 2 heterocycles. The van der Waals surface area contributed by atoms with Crippen LogP contribution in [-0.4, -0.2) is 26.8 Å². The minimum atomic E-state index is -0.149. The summed E-state index contributed by atoms with van der Waals surface area (Å²) < 4.78 is 1.88. The van der Waals surface area contributed by atoms with Crippen molar-refractivity contribution in [1.29, 1.82) is 0 Å². The first-order valence-corrected chi connectivity index (χ1v) is 6.77. The molecule has 5 nitrogen and oxygen atoms in total. The number of benzene rings is 1. The second-order valence-corrected chi connectivity index (χ2v) is 6.12. The van der Waals surface area contributed by atoms with Crippen LogP contribution < -0.4 is 5.32 Å². The molecule has 104 valence electrons. The van der Waals surface area contributed by atoms with Crippen LogP contribution in [-0.2, 0) is 5.54 Å². The van der Waals surface area contributed by atoms with Crippen LogP contribution in [0.15, 0.2) is 30.8 Å². The number of tetrazole rings is 1. The third kappa shape index (κ3) is 2.04. The van der Waals surface area contributed by atoms with Crippen LogP contribution in [0.4, 0.5) is 0 Å². The monoisotopic (exact) mass is 269 g/mol. The summed E-state index contributed by atoms with van der Waals surface area (Å²) >= 11 is 0. The lowest BCUT2D eigenvalue weighted by Gasteiger charge is -2.30. The SMILES string of the molecule is C=C1CNC(c2nnnn2C(C)(C)C)c2ccccc21. The summed E-state index contributed by atoms with van der Waals surface area (Å²) in [7, 11) is 0. The van der Waals surface area contributed by atoms with Gasteiger partial charge in [-0.3, -0.25) is 5.32 Å². The molecule has 5 heteroatoms. The summed E-state index contributed by atoms with van der Waals surface area (Å²) in [5.74, 6) is 0.845. The number of nitrogens with one attached hydrogen (secondary N) is 1. The Bertz CT molecular complexity index is 650. The number of fused-ring (bicyclic) bond motifs is 1. The highest BCUT2D eigenvalue weighted by Gasteiger charge is 2.30. The van der Waals surface area contributed by atoms with Crippen molar-refractivity contribution < 1.29 is 0 Å². The van der Waals surface area contributed by atoms with E-state index in [9.17, 15) is 0 Å². The van der Waals surface area contributed by atoms with E-state index in [4.69, 9.17) is 0 Å². The Morgan fingerprint density at radius 1 is 1.30 bits per heavy atom. The van der Waals surface area contributed by atoms with Gasteiger partial charge in [0, 0.05) is 6.54 Å². The lowest BCUT2D eigenvalue weighted by Crippen LogP contribution is -2.35. The fourth-order valence-electron chi connectivity index (χ4n) is 2.58. The van der Waals surface area contributed by atoms with Crippen LogP contribution in [0.25, 0.3) is 5.57 Å². The zero-order valence-electron chi connectivity index (χ0n) is 12.1. The number of aromatic nitrogens is 4. The van der Waals surface area contributed by atoms with Gasteiger partial charge in [-0.2, -0.15) is 0 Å². The zero-order chi connectivity index (χ0) is 14.3. The molecule has 0 amide bonds. The molecule has 1 N–H and O–H groups in total. The van der Waals surface area contributed by atoms with Gasteiger partial charge >= 0.3 is 0 Å². The van der Waals surface area contributed by atoms with E-state index in [2.05, 4.69) is 60.3 Å². The predicted molar refractivity (Wildman–Crippen MR) is 78.1 cm³/mol. The van der Waals surface area contributed by atoms with E-state index < -0.39 is 0 Å². The first-order valence-electron chi connectivity index (χ1n) is 6.77. The van der Waals surface area contributed by atoms with Crippen LogP contribution in [0.3, 0.4) is 0 Å². The first kappa shape index (κ1) is 13.0. The molecule has 1 aliphatic rings. The Hall–Kier alpha value is -2.01. The fourth-order valence-corrected chi connectivity index (χ4v) is 2.58. The summed E-state index contributed by atoms with van der Waals surface area (Å²) in [4.78, 5) is 0. The molecule has 0 bridgehead atoms. The minimum Gasteiger partial charge on any atom is -0.299 e. The molecule has 3 rings (SSSR count). The molecule has 1 unspecified atom stereocenters. The second-order valence-electron chi connectivity index (χ2n) is 6.12. The Kier molecular flexibility index (Phi) is 2.94. The highest BCUT2D eigenvalue weighted by atomic mass is 15.6. The van der Waals surface area contributed by atoms with Gasteiger partial charge in [0.2, 0.25) is 0 Å². The highest BCUT2D eigenvalue weighted by molar-refractivity contribution is 5.70. The van der Waals surface area contributed by atoms with Crippen molar-refractivity contribution in [2.75, 3.05) is 6.54 Å². The van der Waals surface area contributed by atoms with E-state index in [0.717, 1.165) is 17.9 Å². The Morgan fingerprint density at radius 2 is 2.05 bits per heavy atom. The number of nitrogens with zero attached hydrogens (tertiary/aromatic N) is 4. The quantitative estimate of drug-likeness (QED) is 0.861. The molecule has 0 spiro atoms.